The molecular weight excluding hydrogens is 445 g/mol. The Morgan fingerprint density at radius 3 is 2.35 bits per heavy atom. The van der Waals surface area contributed by atoms with Gasteiger partial charge in [-0.3, -0.25) is 0 Å². The van der Waals surface area contributed by atoms with E-state index in [1.807, 2.05) is 0 Å². The van der Waals surface area contributed by atoms with Crippen LogP contribution in [0.2, 0.25) is 0 Å². The third kappa shape index (κ3) is 3.51. The molecule has 0 spiro atoms. The van der Waals surface area contributed by atoms with Crippen molar-refractivity contribution in [3.05, 3.63) is 47.7 Å². The first-order chi connectivity index (χ1) is 14.6. The summed E-state index contributed by atoms with van der Waals surface area (Å²) in [5.74, 6) is -11.4. The fourth-order valence-electron chi connectivity index (χ4n) is 3.64. The van der Waals surface area contributed by atoms with Crippen LogP contribution in [0.5, 0.6) is 0 Å². The lowest BCUT2D eigenvalue weighted by Gasteiger charge is -2.37. The van der Waals surface area contributed by atoms with E-state index in [4.69, 9.17) is 0 Å². The Morgan fingerprint density at radius 2 is 1.68 bits per heavy atom. The number of benzene rings is 1. The summed E-state index contributed by atoms with van der Waals surface area (Å²) in [7, 11) is -5.03. The number of piperidine rings is 1. The van der Waals surface area contributed by atoms with Crippen LogP contribution < -0.4 is 5.32 Å². The van der Waals surface area contributed by atoms with Crippen LogP contribution >= 0.6 is 0 Å². The lowest BCUT2D eigenvalue weighted by molar-refractivity contribution is 0.250. The number of H-pyrrole nitrogens is 1. The van der Waals surface area contributed by atoms with Crippen molar-refractivity contribution in [2.45, 2.75) is 36.7 Å². The van der Waals surface area contributed by atoms with Gasteiger partial charge in [-0.25, -0.2) is 40.3 Å². The third-order valence-electron chi connectivity index (χ3n) is 5.26. The summed E-state index contributed by atoms with van der Waals surface area (Å²) < 4.78 is 95.6. The van der Waals surface area contributed by atoms with Crippen LogP contribution in [0.4, 0.5) is 27.8 Å². The lowest BCUT2D eigenvalue weighted by atomic mass is 10.0. The molecule has 2 atom stereocenters. The average molecular weight is 461 g/mol. The van der Waals surface area contributed by atoms with Crippen LogP contribution in [-0.4, -0.2) is 46.3 Å². The quantitative estimate of drug-likeness (QED) is 0.354. The topological polar surface area (TPSA) is 91.0 Å². The zero-order valence-electron chi connectivity index (χ0n) is 16.0. The van der Waals surface area contributed by atoms with Gasteiger partial charge in [-0.1, -0.05) is 0 Å². The van der Waals surface area contributed by atoms with Crippen LogP contribution in [0.15, 0.2) is 23.5 Å². The highest BCUT2D eigenvalue weighted by atomic mass is 32.2. The maximum absolute atomic E-state index is 14.2. The van der Waals surface area contributed by atoms with Crippen molar-refractivity contribution in [1.82, 2.24) is 19.3 Å². The van der Waals surface area contributed by atoms with Crippen LogP contribution in [0, 0.1) is 29.1 Å². The second-order valence-electron chi connectivity index (χ2n) is 7.20. The standard InChI is InChI=1S/C18H16F5N5O2S/c1-8-2-3-9(27-18-10-4-5-24-17(10)25-7-26-18)6-28(8)31(29,30)16-14(22)12(20)11(19)13(21)15(16)23/h4-5,7-9H,2-3,6H2,1H3,(H2,24,25,26,27)/t8-,9-/m0/s1. The molecule has 0 unspecified atom stereocenters. The fraction of sp³-hybridized carbons (Fsp3) is 0.333. The highest BCUT2D eigenvalue weighted by molar-refractivity contribution is 7.89. The van der Waals surface area contributed by atoms with E-state index in [1.165, 1.54) is 13.3 Å². The first-order valence-corrected chi connectivity index (χ1v) is 10.6. The van der Waals surface area contributed by atoms with Gasteiger partial charge >= 0.3 is 0 Å². The second-order valence-corrected chi connectivity index (χ2v) is 9.03. The molecule has 166 valence electrons. The van der Waals surface area contributed by atoms with E-state index >= 15 is 0 Å². The maximum atomic E-state index is 14.2. The zero-order valence-corrected chi connectivity index (χ0v) is 16.8. The molecular formula is C18H16F5N5O2S. The number of anilines is 1. The molecule has 1 aromatic carbocycles. The van der Waals surface area contributed by atoms with Crippen LogP contribution in [0.3, 0.4) is 0 Å². The molecule has 0 bridgehead atoms. The van der Waals surface area contributed by atoms with E-state index < -0.39 is 56.1 Å². The van der Waals surface area contributed by atoms with Crippen LogP contribution in [0.1, 0.15) is 19.8 Å². The molecule has 0 saturated carbocycles. The number of nitrogens with zero attached hydrogens (tertiary/aromatic N) is 3. The second kappa shape index (κ2) is 7.71. The maximum Gasteiger partial charge on any atom is 0.249 e. The SMILES string of the molecule is C[C@H]1CC[C@H](Nc2ncnc3[nH]ccc23)CN1S(=O)(=O)c1c(F)c(F)c(F)c(F)c1F. The van der Waals surface area contributed by atoms with Crippen molar-refractivity contribution >= 4 is 26.9 Å². The van der Waals surface area contributed by atoms with Crippen LogP contribution in [0.25, 0.3) is 11.0 Å². The zero-order chi connectivity index (χ0) is 22.5. The van der Waals surface area contributed by atoms with Crippen molar-refractivity contribution in [2.75, 3.05) is 11.9 Å². The van der Waals surface area contributed by atoms with E-state index in [2.05, 4.69) is 20.3 Å². The van der Waals surface area contributed by atoms with Crippen molar-refractivity contribution in [3.8, 4) is 0 Å². The number of aromatic nitrogens is 3. The molecule has 31 heavy (non-hydrogen) atoms. The molecule has 2 aromatic heterocycles. The molecule has 1 fully saturated rings. The molecule has 0 amide bonds. The number of fused-ring (bicyclic) bond motifs is 1. The first-order valence-electron chi connectivity index (χ1n) is 9.20. The normalized spacial score (nSPS) is 20.3. The molecule has 1 saturated heterocycles. The van der Waals surface area contributed by atoms with Gasteiger partial charge in [-0.15, -0.1) is 0 Å². The molecule has 1 aliphatic rings. The fourth-order valence-corrected chi connectivity index (χ4v) is 5.46. The van der Waals surface area contributed by atoms with E-state index in [1.54, 1.807) is 12.3 Å². The number of rotatable bonds is 4. The minimum absolute atomic E-state index is 0.265. The Morgan fingerprint density at radius 1 is 1.03 bits per heavy atom. The molecule has 0 aliphatic carbocycles. The Labute approximate surface area is 173 Å². The van der Waals surface area contributed by atoms with E-state index in [0.29, 0.717) is 23.3 Å². The van der Waals surface area contributed by atoms with Crippen molar-refractivity contribution in [3.63, 3.8) is 0 Å². The van der Waals surface area contributed by atoms with Gasteiger partial charge in [0.1, 0.15) is 17.8 Å². The third-order valence-corrected chi connectivity index (χ3v) is 7.26. The molecule has 3 heterocycles. The number of hydrogen-bond acceptors (Lipinski definition) is 5. The molecule has 7 nitrogen and oxygen atoms in total. The Balaban J connectivity index is 1.68. The summed E-state index contributed by atoms with van der Waals surface area (Å²) >= 11 is 0. The largest absolute Gasteiger partial charge is 0.365 e. The summed E-state index contributed by atoms with van der Waals surface area (Å²) in [6.45, 7) is 1.23. The minimum atomic E-state index is -5.03. The predicted molar refractivity (Wildman–Crippen MR) is 100 cm³/mol. The minimum Gasteiger partial charge on any atom is -0.365 e. The molecule has 4 rings (SSSR count). The van der Waals surface area contributed by atoms with Gasteiger partial charge in [0.2, 0.25) is 15.8 Å². The van der Waals surface area contributed by atoms with Gasteiger partial charge < -0.3 is 10.3 Å². The summed E-state index contributed by atoms with van der Waals surface area (Å²) in [6.07, 6.45) is 3.72. The Kier molecular flexibility index (Phi) is 5.33. The highest BCUT2D eigenvalue weighted by Gasteiger charge is 2.41. The van der Waals surface area contributed by atoms with Gasteiger partial charge in [-0.2, -0.15) is 4.31 Å². The monoisotopic (exact) mass is 461 g/mol. The highest BCUT2D eigenvalue weighted by Crippen LogP contribution is 2.33. The predicted octanol–water partition coefficient (Wildman–Crippen LogP) is 3.31. The van der Waals surface area contributed by atoms with Crippen molar-refractivity contribution in [1.29, 1.82) is 0 Å². The molecule has 13 heteroatoms. The molecule has 0 radical (unpaired) electrons. The van der Waals surface area contributed by atoms with Crippen molar-refractivity contribution in [2.24, 2.45) is 0 Å². The Bertz CT molecular complexity index is 1240. The van der Waals surface area contributed by atoms with Gasteiger partial charge in [-0.05, 0) is 25.8 Å². The summed E-state index contributed by atoms with van der Waals surface area (Å²) in [6, 6.07) is 0.461. The van der Waals surface area contributed by atoms with E-state index in [9.17, 15) is 30.4 Å². The Hall–Kier alpha value is -2.80. The van der Waals surface area contributed by atoms with Gasteiger partial charge in [0.05, 0.1) is 5.39 Å². The molecule has 2 N–H and O–H groups in total. The molecule has 3 aromatic rings. The summed E-state index contributed by atoms with van der Waals surface area (Å²) in [5.41, 5.74) is 0.549. The van der Waals surface area contributed by atoms with E-state index in [0.717, 1.165) is 4.31 Å². The first kappa shape index (κ1) is 21.4. The van der Waals surface area contributed by atoms with Gasteiger partial charge in [0.15, 0.2) is 28.2 Å². The lowest BCUT2D eigenvalue weighted by Crippen LogP contribution is -2.50. The van der Waals surface area contributed by atoms with Gasteiger partial charge in [0, 0.05) is 24.8 Å². The number of sulfonamides is 1. The van der Waals surface area contributed by atoms with Gasteiger partial charge in [0.25, 0.3) is 0 Å². The summed E-state index contributed by atoms with van der Waals surface area (Å²) in [4.78, 5) is 9.22. The smallest absolute Gasteiger partial charge is 0.249 e. The van der Waals surface area contributed by atoms with E-state index in [-0.39, 0.29) is 13.0 Å². The average Bonchev–Trinajstić information content (AvgIpc) is 3.22. The van der Waals surface area contributed by atoms with Crippen molar-refractivity contribution < 1.29 is 30.4 Å². The van der Waals surface area contributed by atoms with Crippen LogP contribution in [-0.2, 0) is 10.0 Å². The number of hydrogen-bond donors (Lipinski definition) is 2. The molecule has 1 aliphatic heterocycles. The summed E-state index contributed by atoms with van der Waals surface area (Å²) in [5, 5.41) is 3.72. The number of aromatic amines is 1. The number of halogens is 5. The number of nitrogens with one attached hydrogen (secondary N) is 2.